The Bertz CT molecular complexity index is 747. The second-order valence-corrected chi connectivity index (χ2v) is 6.60. The number of rotatable bonds is 5. The fourth-order valence-corrected chi connectivity index (χ4v) is 2.12. The Balaban J connectivity index is 1.94. The van der Waals surface area contributed by atoms with Crippen LogP contribution in [0, 0.1) is 5.41 Å². The Morgan fingerprint density at radius 1 is 1.00 bits per heavy atom. The third-order valence-electron chi connectivity index (χ3n) is 3.55. The summed E-state index contributed by atoms with van der Waals surface area (Å²) in [4.78, 5) is 23.6. The third kappa shape index (κ3) is 4.72. The molecule has 1 N–H and O–H groups in total. The van der Waals surface area contributed by atoms with Crippen molar-refractivity contribution in [2.75, 3.05) is 13.7 Å². The van der Waals surface area contributed by atoms with Gasteiger partial charge in [0.15, 0.2) is 0 Å². The van der Waals surface area contributed by atoms with Gasteiger partial charge < -0.3 is 14.8 Å². The highest BCUT2D eigenvalue weighted by Gasteiger charge is 2.20. The zero-order valence-corrected chi connectivity index (χ0v) is 14.5. The number of hydrogen-bond donors (Lipinski definition) is 1. The molecule has 24 heavy (non-hydrogen) atoms. The summed E-state index contributed by atoms with van der Waals surface area (Å²) >= 11 is 0. The first-order valence-electron chi connectivity index (χ1n) is 7.86. The lowest BCUT2D eigenvalue weighted by molar-refractivity contribution is -0.134. The molecule has 0 saturated carbocycles. The van der Waals surface area contributed by atoms with Crippen LogP contribution in [0.5, 0.6) is 11.5 Å². The lowest BCUT2D eigenvalue weighted by Crippen LogP contribution is -2.36. The molecule has 0 heterocycles. The number of benzene rings is 2. The van der Waals surface area contributed by atoms with Crippen molar-refractivity contribution >= 4 is 22.6 Å². The normalized spacial score (nSPS) is 11.2. The molecule has 0 bridgehead atoms. The molecule has 2 rings (SSSR count). The second kappa shape index (κ2) is 7.34. The molecule has 1 amide bonds. The summed E-state index contributed by atoms with van der Waals surface area (Å²) in [5.41, 5.74) is -0.471. The van der Waals surface area contributed by atoms with Crippen molar-refractivity contribution in [1.82, 2.24) is 5.32 Å². The van der Waals surface area contributed by atoms with Crippen LogP contribution in [0.25, 0.3) is 10.8 Å². The molecule has 0 spiro atoms. The summed E-state index contributed by atoms with van der Waals surface area (Å²) in [6.07, 6.45) is 0.123. The molecule has 128 valence electrons. The molecule has 0 aromatic heterocycles. The molecule has 0 radical (unpaired) electrons. The van der Waals surface area contributed by atoms with Gasteiger partial charge in [0, 0.05) is 12.0 Å². The van der Waals surface area contributed by atoms with E-state index in [1.54, 1.807) is 19.2 Å². The van der Waals surface area contributed by atoms with Crippen LogP contribution in [0.1, 0.15) is 27.2 Å². The fourth-order valence-electron chi connectivity index (χ4n) is 2.12. The van der Waals surface area contributed by atoms with Crippen molar-refractivity contribution in [2.45, 2.75) is 27.2 Å². The minimum absolute atomic E-state index is 0.0897. The molecule has 0 saturated heterocycles. The molecule has 5 heteroatoms. The van der Waals surface area contributed by atoms with E-state index < -0.39 is 5.41 Å². The third-order valence-corrected chi connectivity index (χ3v) is 3.55. The molecule has 2 aromatic rings. The lowest BCUT2D eigenvalue weighted by Gasteiger charge is -2.17. The second-order valence-electron chi connectivity index (χ2n) is 6.60. The van der Waals surface area contributed by atoms with Gasteiger partial charge in [0.05, 0.1) is 13.5 Å². The summed E-state index contributed by atoms with van der Waals surface area (Å²) in [7, 11) is 1.61. The Morgan fingerprint density at radius 3 is 2.25 bits per heavy atom. The van der Waals surface area contributed by atoms with E-state index in [1.165, 1.54) is 0 Å². The lowest BCUT2D eigenvalue weighted by atomic mass is 9.96. The average molecular weight is 329 g/mol. The summed E-state index contributed by atoms with van der Waals surface area (Å²) in [5, 5.41) is 4.69. The molecular weight excluding hydrogens is 306 g/mol. The summed E-state index contributed by atoms with van der Waals surface area (Å²) < 4.78 is 10.5. The molecule has 5 nitrogen and oxygen atoms in total. The topological polar surface area (TPSA) is 64.6 Å². The molecule has 0 unspecified atom stereocenters. The quantitative estimate of drug-likeness (QED) is 0.675. The van der Waals surface area contributed by atoms with Gasteiger partial charge >= 0.3 is 5.97 Å². The van der Waals surface area contributed by atoms with E-state index in [-0.39, 0.29) is 24.8 Å². The highest BCUT2D eigenvalue weighted by molar-refractivity contribution is 5.86. The Morgan fingerprint density at radius 2 is 1.62 bits per heavy atom. The monoisotopic (exact) mass is 329 g/mol. The van der Waals surface area contributed by atoms with Crippen molar-refractivity contribution in [2.24, 2.45) is 5.41 Å². The number of ether oxygens (including phenoxy) is 2. The largest absolute Gasteiger partial charge is 0.497 e. The minimum Gasteiger partial charge on any atom is -0.497 e. The number of hydrogen-bond acceptors (Lipinski definition) is 4. The van der Waals surface area contributed by atoms with Crippen molar-refractivity contribution in [3.63, 3.8) is 0 Å². The van der Waals surface area contributed by atoms with Crippen LogP contribution >= 0.6 is 0 Å². The van der Waals surface area contributed by atoms with Crippen LogP contribution in [-0.2, 0) is 9.59 Å². The first kappa shape index (κ1) is 17.8. The molecule has 0 fully saturated rings. The zero-order valence-electron chi connectivity index (χ0n) is 14.5. The van der Waals surface area contributed by atoms with Crippen LogP contribution in [0.2, 0.25) is 0 Å². The van der Waals surface area contributed by atoms with Crippen molar-refractivity contribution in [1.29, 1.82) is 0 Å². The Hall–Kier alpha value is -2.56. The summed E-state index contributed by atoms with van der Waals surface area (Å²) in [6, 6.07) is 11.1. The van der Waals surface area contributed by atoms with Crippen LogP contribution in [0.4, 0.5) is 0 Å². The molecule has 2 aromatic carbocycles. The smallest absolute Gasteiger partial charge is 0.312 e. The van der Waals surface area contributed by atoms with Gasteiger partial charge in [-0.05, 0) is 35.0 Å². The number of amides is 1. The Kier molecular flexibility index (Phi) is 5.44. The van der Waals surface area contributed by atoms with Gasteiger partial charge in [-0.2, -0.15) is 0 Å². The summed E-state index contributed by atoms with van der Waals surface area (Å²) in [6.45, 7) is 5.73. The molecule has 0 aliphatic heterocycles. The van der Waals surface area contributed by atoms with E-state index in [9.17, 15) is 9.59 Å². The standard InChI is InChI=1S/C19H23NO4/c1-19(2,3)18(22)20-10-9-17(21)24-16-8-6-13-5-7-15(23-4)11-14(13)12-16/h5-8,11-12H,9-10H2,1-4H3,(H,20,22). The van der Waals surface area contributed by atoms with Crippen LogP contribution < -0.4 is 14.8 Å². The fraction of sp³-hybridized carbons (Fsp3) is 0.368. The van der Waals surface area contributed by atoms with E-state index in [0.29, 0.717) is 5.75 Å². The number of methoxy groups -OCH3 is 1. The maximum atomic E-state index is 11.9. The van der Waals surface area contributed by atoms with E-state index in [1.807, 2.05) is 45.0 Å². The van der Waals surface area contributed by atoms with E-state index in [2.05, 4.69) is 5.32 Å². The number of esters is 1. The SMILES string of the molecule is COc1ccc2ccc(OC(=O)CCNC(=O)C(C)(C)C)cc2c1. The van der Waals surface area contributed by atoms with Crippen LogP contribution in [0.3, 0.4) is 0 Å². The van der Waals surface area contributed by atoms with Gasteiger partial charge in [0.2, 0.25) is 5.91 Å². The van der Waals surface area contributed by atoms with Gasteiger partial charge in [-0.3, -0.25) is 9.59 Å². The molecule has 0 aliphatic rings. The Labute approximate surface area is 141 Å². The molecule has 0 aliphatic carbocycles. The van der Waals surface area contributed by atoms with Gasteiger partial charge in [0.1, 0.15) is 11.5 Å². The highest BCUT2D eigenvalue weighted by atomic mass is 16.5. The van der Waals surface area contributed by atoms with E-state index in [4.69, 9.17) is 9.47 Å². The number of carbonyl (C=O) groups is 2. The first-order chi connectivity index (χ1) is 11.3. The van der Waals surface area contributed by atoms with Crippen molar-refractivity contribution in [3.05, 3.63) is 36.4 Å². The minimum atomic E-state index is -0.471. The van der Waals surface area contributed by atoms with E-state index >= 15 is 0 Å². The first-order valence-corrected chi connectivity index (χ1v) is 7.86. The summed E-state index contributed by atoms with van der Waals surface area (Å²) in [5.74, 6) is 0.748. The predicted octanol–water partition coefficient (Wildman–Crippen LogP) is 3.31. The maximum absolute atomic E-state index is 11.9. The van der Waals surface area contributed by atoms with Crippen molar-refractivity contribution in [3.8, 4) is 11.5 Å². The molecule has 0 atom stereocenters. The van der Waals surface area contributed by atoms with Gasteiger partial charge in [-0.15, -0.1) is 0 Å². The van der Waals surface area contributed by atoms with Crippen LogP contribution in [-0.4, -0.2) is 25.5 Å². The van der Waals surface area contributed by atoms with E-state index in [0.717, 1.165) is 16.5 Å². The predicted molar refractivity (Wildman–Crippen MR) is 93.2 cm³/mol. The highest BCUT2D eigenvalue weighted by Crippen LogP contribution is 2.25. The van der Waals surface area contributed by atoms with Crippen LogP contribution in [0.15, 0.2) is 36.4 Å². The van der Waals surface area contributed by atoms with Crippen molar-refractivity contribution < 1.29 is 19.1 Å². The zero-order chi connectivity index (χ0) is 17.7. The van der Waals surface area contributed by atoms with Gasteiger partial charge in [0.25, 0.3) is 0 Å². The molecular formula is C19H23NO4. The van der Waals surface area contributed by atoms with Gasteiger partial charge in [-0.1, -0.05) is 32.9 Å². The number of nitrogens with one attached hydrogen (secondary N) is 1. The number of fused-ring (bicyclic) bond motifs is 1. The maximum Gasteiger partial charge on any atom is 0.312 e. The average Bonchev–Trinajstić information content (AvgIpc) is 2.53. The van der Waals surface area contributed by atoms with Gasteiger partial charge in [-0.25, -0.2) is 0 Å². The number of carbonyl (C=O) groups excluding carboxylic acids is 2.